The van der Waals surface area contributed by atoms with Crippen molar-refractivity contribution in [2.45, 2.75) is 38.5 Å². The average molecular weight is 427 g/mol. The van der Waals surface area contributed by atoms with Crippen LogP contribution in [0.25, 0.3) is 0 Å². The van der Waals surface area contributed by atoms with Crippen molar-refractivity contribution in [3.8, 4) is 17.2 Å². The van der Waals surface area contributed by atoms with Crippen LogP contribution in [-0.2, 0) is 11.0 Å². The number of halogens is 1. The molecule has 0 amide bonds. The van der Waals surface area contributed by atoms with Crippen molar-refractivity contribution < 1.29 is 13.7 Å². The summed E-state index contributed by atoms with van der Waals surface area (Å²) in [4.78, 5) is 4.41. The monoisotopic (exact) mass is 426 g/mol. The van der Waals surface area contributed by atoms with Crippen molar-refractivity contribution >= 4 is 26.9 Å². The molecule has 136 valence electrons. The highest BCUT2D eigenvalue weighted by molar-refractivity contribution is 9.10. The maximum Gasteiger partial charge on any atom is 0.145 e. The zero-order chi connectivity index (χ0) is 18.6. The molecule has 1 N–H and O–H groups in total. The second kappa shape index (κ2) is 8.29. The van der Waals surface area contributed by atoms with Gasteiger partial charge < -0.3 is 9.47 Å². The second-order valence-corrected chi connectivity index (χ2v) is 9.39. The van der Waals surface area contributed by atoms with Crippen LogP contribution in [0, 0.1) is 0 Å². The molecule has 0 spiro atoms. The van der Waals surface area contributed by atoms with Gasteiger partial charge in [-0.15, -0.1) is 0 Å². The van der Waals surface area contributed by atoms with Crippen molar-refractivity contribution in [1.82, 2.24) is 9.71 Å². The fraction of sp³-hybridized carbons (Fsp3) is 0.389. The molecular weight excluding hydrogens is 404 g/mol. The maximum atomic E-state index is 12.2. The van der Waals surface area contributed by atoms with E-state index in [0.29, 0.717) is 11.5 Å². The number of nitrogens with zero attached hydrogens (tertiary/aromatic N) is 1. The first-order valence-corrected chi connectivity index (χ1v) is 9.80. The SMILES string of the molecule is COc1ccc(Oc2ccc([C@@H](C)NS(=O)C(C)(C)C)nc2)c(Br)c1. The number of hydrogen-bond acceptors (Lipinski definition) is 4. The highest BCUT2D eigenvalue weighted by Crippen LogP contribution is 2.32. The molecule has 0 aliphatic carbocycles. The molecule has 0 radical (unpaired) electrons. The summed E-state index contributed by atoms with van der Waals surface area (Å²) in [6.45, 7) is 7.73. The van der Waals surface area contributed by atoms with E-state index in [0.717, 1.165) is 15.9 Å². The van der Waals surface area contributed by atoms with Crippen LogP contribution in [0.15, 0.2) is 41.0 Å². The summed E-state index contributed by atoms with van der Waals surface area (Å²) in [5, 5.41) is 0. The van der Waals surface area contributed by atoms with Gasteiger partial charge in [0.15, 0.2) is 0 Å². The molecule has 0 bridgehead atoms. The molecule has 1 heterocycles. The van der Waals surface area contributed by atoms with E-state index in [1.165, 1.54) is 0 Å². The molecule has 25 heavy (non-hydrogen) atoms. The second-order valence-electron chi connectivity index (χ2n) is 6.54. The molecule has 0 aliphatic heterocycles. The Balaban J connectivity index is 2.06. The summed E-state index contributed by atoms with van der Waals surface area (Å²) in [5.74, 6) is 2.05. The summed E-state index contributed by atoms with van der Waals surface area (Å²) in [7, 11) is 0.467. The molecule has 2 aromatic rings. The molecule has 0 fully saturated rings. The van der Waals surface area contributed by atoms with Crippen molar-refractivity contribution in [2.24, 2.45) is 0 Å². The molecular formula is C18H23BrN2O3S. The minimum absolute atomic E-state index is 0.123. The van der Waals surface area contributed by atoms with Gasteiger partial charge in [0, 0.05) is 0 Å². The Morgan fingerprint density at radius 3 is 2.40 bits per heavy atom. The van der Waals surface area contributed by atoms with Crippen LogP contribution < -0.4 is 14.2 Å². The summed E-state index contributed by atoms with van der Waals surface area (Å²) in [6, 6.07) is 9.08. The van der Waals surface area contributed by atoms with Crippen molar-refractivity contribution in [3.63, 3.8) is 0 Å². The topological polar surface area (TPSA) is 60.5 Å². The molecule has 0 saturated heterocycles. The summed E-state index contributed by atoms with van der Waals surface area (Å²) < 4.78 is 26.7. The summed E-state index contributed by atoms with van der Waals surface area (Å²) >= 11 is 3.46. The number of rotatable bonds is 6. The van der Waals surface area contributed by atoms with Crippen LogP contribution in [0.3, 0.4) is 0 Å². The highest BCUT2D eigenvalue weighted by Gasteiger charge is 2.22. The van der Waals surface area contributed by atoms with Crippen LogP contribution in [0.5, 0.6) is 17.2 Å². The lowest BCUT2D eigenvalue weighted by molar-refractivity contribution is 0.412. The normalized spacial score (nSPS) is 14.0. The van der Waals surface area contributed by atoms with Crippen molar-refractivity contribution in [2.75, 3.05) is 7.11 Å². The Bertz CT molecular complexity index is 745. The Hall–Kier alpha value is -1.44. The van der Waals surface area contributed by atoms with Gasteiger partial charge in [-0.2, -0.15) is 0 Å². The lowest BCUT2D eigenvalue weighted by Gasteiger charge is -2.21. The first-order valence-electron chi connectivity index (χ1n) is 7.86. The lowest BCUT2D eigenvalue weighted by Crippen LogP contribution is -2.35. The Morgan fingerprint density at radius 2 is 1.88 bits per heavy atom. The Morgan fingerprint density at radius 1 is 1.20 bits per heavy atom. The van der Waals surface area contributed by atoms with Gasteiger partial charge in [-0.3, -0.25) is 4.98 Å². The molecule has 1 aromatic heterocycles. The van der Waals surface area contributed by atoms with Gasteiger partial charge in [-0.25, -0.2) is 8.93 Å². The van der Waals surface area contributed by atoms with Crippen LogP contribution in [0.2, 0.25) is 0 Å². The zero-order valence-electron chi connectivity index (χ0n) is 15.0. The minimum Gasteiger partial charge on any atom is -0.497 e. The zero-order valence-corrected chi connectivity index (χ0v) is 17.4. The first kappa shape index (κ1) is 19.9. The van der Waals surface area contributed by atoms with Crippen LogP contribution in [0.1, 0.15) is 39.4 Å². The molecule has 2 rings (SSSR count). The fourth-order valence-corrected chi connectivity index (χ4v) is 3.16. The van der Waals surface area contributed by atoms with E-state index in [2.05, 4.69) is 25.6 Å². The van der Waals surface area contributed by atoms with E-state index in [1.54, 1.807) is 13.3 Å². The third-order valence-corrected chi connectivity index (χ3v) is 5.71. The third-order valence-electron chi connectivity index (χ3n) is 3.41. The van der Waals surface area contributed by atoms with Gasteiger partial charge in [0.1, 0.15) is 17.2 Å². The quantitative estimate of drug-likeness (QED) is 0.722. The largest absolute Gasteiger partial charge is 0.497 e. The standard InChI is InChI=1S/C18H23BrN2O3S/c1-12(21-25(22)18(2,3)4)16-8-6-14(11-20-16)24-17-9-7-13(23-5)10-15(17)19/h6-12,21H,1-5H3/t12-,25?/m1/s1. The fourth-order valence-electron chi connectivity index (χ4n) is 1.92. The number of ether oxygens (including phenoxy) is 2. The van der Waals surface area contributed by atoms with Crippen molar-refractivity contribution in [3.05, 3.63) is 46.7 Å². The van der Waals surface area contributed by atoms with E-state index < -0.39 is 11.0 Å². The van der Waals surface area contributed by atoms with E-state index >= 15 is 0 Å². The molecule has 5 nitrogen and oxygen atoms in total. The average Bonchev–Trinajstić information content (AvgIpc) is 2.56. The first-order chi connectivity index (χ1) is 11.7. The number of benzene rings is 1. The molecule has 7 heteroatoms. The van der Waals surface area contributed by atoms with Crippen LogP contribution in [-0.4, -0.2) is 21.0 Å². The number of aromatic nitrogens is 1. The lowest BCUT2D eigenvalue weighted by atomic mass is 10.2. The van der Waals surface area contributed by atoms with E-state index in [4.69, 9.17) is 9.47 Å². The molecule has 0 saturated carbocycles. The van der Waals surface area contributed by atoms with Gasteiger partial charge in [0.25, 0.3) is 0 Å². The Labute approximate surface area is 159 Å². The number of methoxy groups -OCH3 is 1. The molecule has 1 aromatic carbocycles. The van der Waals surface area contributed by atoms with E-state index in [-0.39, 0.29) is 10.8 Å². The molecule has 2 atom stereocenters. The number of pyridine rings is 1. The van der Waals surface area contributed by atoms with Gasteiger partial charge in [-0.1, -0.05) is 0 Å². The minimum atomic E-state index is -1.15. The number of nitrogens with one attached hydrogen (secondary N) is 1. The maximum absolute atomic E-state index is 12.2. The van der Waals surface area contributed by atoms with Crippen LogP contribution in [0.4, 0.5) is 0 Å². The van der Waals surface area contributed by atoms with Gasteiger partial charge >= 0.3 is 0 Å². The van der Waals surface area contributed by atoms with Crippen molar-refractivity contribution in [1.29, 1.82) is 0 Å². The van der Waals surface area contributed by atoms with Gasteiger partial charge in [0.2, 0.25) is 0 Å². The smallest absolute Gasteiger partial charge is 0.145 e. The summed E-state index contributed by atoms with van der Waals surface area (Å²) in [5.41, 5.74) is 0.804. The Kier molecular flexibility index (Phi) is 6.59. The number of hydrogen-bond donors (Lipinski definition) is 1. The highest BCUT2D eigenvalue weighted by atomic mass is 79.9. The van der Waals surface area contributed by atoms with E-state index in [1.807, 2.05) is 58.0 Å². The van der Waals surface area contributed by atoms with Crippen LogP contribution >= 0.6 is 15.9 Å². The van der Waals surface area contributed by atoms with Gasteiger partial charge in [-0.05, 0) is 74.0 Å². The molecule has 1 unspecified atom stereocenters. The third kappa shape index (κ3) is 5.52. The predicted molar refractivity (Wildman–Crippen MR) is 104 cm³/mol. The predicted octanol–water partition coefficient (Wildman–Crippen LogP) is 4.76. The summed E-state index contributed by atoms with van der Waals surface area (Å²) in [6.07, 6.45) is 1.66. The van der Waals surface area contributed by atoms with E-state index in [9.17, 15) is 4.21 Å². The molecule has 0 aliphatic rings. The van der Waals surface area contributed by atoms with Gasteiger partial charge in [0.05, 0.1) is 45.2 Å².